The fourth-order valence-electron chi connectivity index (χ4n) is 2.62. The lowest BCUT2D eigenvalue weighted by molar-refractivity contribution is 0.0987. The van der Waals surface area contributed by atoms with E-state index in [9.17, 15) is 4.79 Å². The first-order chi connectivity index (χ1) is 8.15. The zero-order chi connectivity index (χ0) is 12.0. The molecule has 5 nitrogen and oxygen atoms in total. The van der Waals surface area contributed by atoms with Gasteiger partial charge in [0.2, 0.25) is 0 Å². The van der Waals surface area contributed by atoms with E-state index in [0.717, 1.165) is 31.1 Å². The summed E-state index contributed by atoms with van der Waals surface area (Å²) in [5.74, 6) is 0.856. The maximum Gasteiger partial charge on any atom is 0.284 e. The minimum absolute atomic E-state index is 0.392. The molecule has 0 radical (unpaired) electrons. The van der Waals surface area contributed by atoms with E-state index in [1.807, 2.05) is 11.6 Å². The van der Waals surface area contributed by atoms with E-state index < -0.39 is 5.91 Å². The van der Waals surface area contributed by atoms with Gasteiger partial charge in [0.25, 0.3) is 5.91 Å². The molecule has 2 heterocycles. The molecule has 1 fully saturated rings. The predicted octanol–water partition coefficient (Wildman–Crippen LogP) is 0.287. The summed E-state index contributed by atoms with van der Waals surface area (Å²) in [5.41, 5.74) is 7.52. The summed E-state index contributed by atoms with van der Waals surface area (Å²) in [6, 6.07) is 0. The van der Waals surface area contributed by atoms with Gasteiger partial charge < -0.3 is 10.3 Å². The molecule has 1 aliphatic carbocycles. The Morgan fingerprint density at radius 2 is 2.29 bits per heavy atom. The molecule has 1 amide bonds. The number of nitrogens with two attached hydrogens (primary N) is 1. The Labute approximate surface area is 101 Å². The highest BCUT2D eigenvalue weighted by Gasteiger charge is 2.29. The van der Waals surface area contributed by atoms with E-state index >= 15 is 0 Å². The average Bonchev–Trinajstić information content (AvgIpc) is 3.03. The summed E-state index contributed by atoms with van der Waals surface area (Å²) in [6.45, 7) is 3.12. The molecule has 1 aliphatic heterocycles. The third kappa shape index (κ3) is 1.95. The molecule has 92 valence electrons. The van der Waals surface area contributed by atoms with Gasteiger partial charge in [-0.25, -0.2) is 4.98 Å². The van der Waals surface area contributed by atoms with Gasteiger partial charge in [0.05, 0.1) is 5.69 Å². The van der Waals surface area contributed by atoms with Crippen molar-refractivity contribution >= 4 is 5.91 Å². The number of carbonyl (C=O) groups is 1. The number of amides is 1. The quantitative estimate of drug-likeness (QED) is 0.817. The summed E-state index contributed by atoms with van der Waals surface area (Å²) in [4.78, 5) is 18.1. The summed E-state index contributed by atoms with van der Waals surface area (Å²) in [7, 11) is 1.88. The van der Waals surface area contributed by atoms with Crippen LogP contribution in [0.1, 0.15) is 34.8 Å². The highest BCUT2D eigenvalue weighted by Crippen LogP contribution is 2.31. The Morgan fingerprint density at radius 3 is 2.94 bits per heavy atom. The van der Waals surface area contributed by atoms with Gasteiger partial charge in [-0.1, -0.05) is 0 Å². The van der Waals surface area contributed by atoms with E-state index in [1.165, 1.54) is 25.1 Å². The molecule has 0 bridgehead atoms. The molecule has 0 spiro atoms. The molecular weight excluding hydrogens is 216 g/mol. The minimum atomic E-state index is -0.435. The predicted molar refractivity (Wildman–Crippen MR) is 63.4 cm³/mol. The van der Waals surface area contributed by atoms with Crippen molar-refractivity contribution in [2.45, 2.75) is 25.8 Å². The fraction of sp³-hybridized carbons (Fsp3) is 0.667. The number of imidazole rings is 1. The van der Waals surface area contributed by atoms with Gasteiger partial charge in [0.1, 0.15) is 0 Å². The number of carbonyl (C=O) groups excluding carboxylic acids is 1. The van der Waals surface area contributed by atoms with Crippen molar-refractivity contribution in [2.24, 2.45) is 18.7 Å². The standard InChI is InChI=1S/C12H18N4O/c1-15-10-4-5-16(6-8-2-3-8)7-9(10)14-12(15)11(13)17/h8H,2-7H2,1H3,(H2,13,17). The Morgan fingerprint density at radius 1 is 1.53 bits per heavy atom. The Balaban J connectivity index is 1.81. The molecule has 0 saturated heterocycles. The van der Waals surface area contributed by atoms with Gasteiger partial charge in [-0.15, -0.1) is 0 Å². The van der Waals surface area contributed by atoms with Gasteiger partial charge in [-0.3, -0.25) is 9.69 Å². The second-order valence-corrected chi connectivity index (χ2v) is 5.18. The van der Waals surface area contributed by atoms with Crippen molar-refractivity contribution in [1.82, 2.24) is 14.5 Å². The third-order valence-electron chi connectivity index (χ3n) is 3.77. The molecular formula is C12H18N4O. The number of aromatic nitrogens is 2. The molecule has 1 saturated carbocycles. The van der Waals surface area contributed by atoms with Crippen LogP contribution in [0, 0.1) is 5.92 Å². The molecule has 5 heteroatoms. The molecule has 2 aliphatic rings. The fourth-order valence-corrected chi connectivity index (χ4v) is 2.62. The number of primary amides is 1. The van der Waals surface area contributed by atoms with Crippen LogP contribution < -0.4 is 5.73 Å². The van der Waals surface area contributed by atoms with E-state index in [-0.39, 0.29) is 0 Å². The summed E-state index contributed by atoms with van der Waals surface area (Å²) in [5, 5.41) is 0. The maximum absolute atomic E-state index is 11.2. The third-order valence-corrected chi connectivity index (χ3v) is 3.77. The molecule has 1 aromatic rings. The lowest BCUT2D eigenvalue weighted by atomic mass is 10.1. The van der Waals surface area contributed by atoms with Crippen LogP contribution in [-0.2, 0) is 20.0 Å². The minimum Gasteiger partial charge on any atom is -0.363 e. The van der Waals surface area contributed by atoms with Crippen molar-refractivity contribution in [3.05, 3.63) is 17.2 Å². The van der Waals surface area contributed by atoms with Crippen LogP contribution in [0.2, 0.25) is 0 Å². The smallest absolute Gasteiger partial charge is 0.284 e. The van der Waals surface area contributed by atoms with Crippen LogP contribution in [0.5, 0.6) is 0 Å². The van der Waals surface area contributed by atoms with Crippen molar-refractivity contribution < 1.29 is 4.79 Å². The van der Waals surface area contributed by atoms with Gasteiger partial charge in [0.15, 0.2) is 5.82 Å². The molecule has 0 aromatic carbocycles. The van der Waals surface area contributed by atoms with Crippen molar-refractivity contribution in [1.29, 1.82) is 0 Å². The second-order valence-electron chi connectivity index (χ2n) is 5.18. The van der Waals surface area contributed by atoms with Crippen LogP contribution in [0.4, 0.5) is 0 Å². The maximum atomic E-state index is 11.2. The lowest BCUT2D eigenvalue weighted by Crippen LogP contribution is -2.32. The van der Waals surface area contributed by atoms with E-state index in [1.54, 1.807) is 0 Å². The summed E-state index contributed by atoms with van der Waals surface area (Å²) >= 11 is 0. The van der Waals surface area contributed by atoms with E-state index in [4.69, 9.17) is 5.73 Å². The normalized spacial score (nSPS) is 20.3. The zero-order valence-electron chi connectivity index (χ0n) is 10.1. The first kappa shape index (κ1) is 10.8. The summed E-state index contributed by atoms with van der Waals surface area (Å²) < 4.78 is 1.85. The summed E-state index contributed by atoms with van der Waals surface area (Å²) in [6.07, 6.45) is 3.72. The van der Waals surface area contributed by atoms with Crippen molar-refractivity contribution in [2.75, 3.05) is 13.1 Å². The first-order valence-electron chi connectivity index (χ1n) is 6.21. The van der Waals surface area contributed by atoms with Gasteiger partial charge in [0, 0.05) is 38.8 Å². The number of hydrogen-bond donors (Lipinski definition) is 1. The number of rotatable bonds is 3. The van der Waals surface area contributed by atoms with Gasteiger partial charge in [-0.05, 0) is 18.8 Å². The van der Waals surface area contributed by atoms with Crippen molar-refractivity contribution in [3.8, 4) is 0 Å². The lowest BCUT2D eigenvalue weighted by Gasteiger charge is -2.26. The average molecular weight is 234 g/mol. The molecule has 2 N–H and O–H groups in total. The Hall–Kier alpha value is -1.36. The first-order valence-corrected chi connectivity index (χ1v) is 6.21. The van der Waals surface area contributed by atoms with Crippen LogP contribution in [-0.4, -0.2) is 33.4 Å². The van der Waals surface area contributed by atoms with Gasteiger partial charge in [-0.2, -0.15) is 0 Å². The topological polar surface area (TPSA) is 64.1 Å². The van der Waals surface area contributed by atoms with Crippen LogP contribution in [0.25, 0.3) is 0 Å². The number of nitrogens with zero attached hydrogens (tertiary/aromatic N) is 3. The highest BCUT2D eigenvalue weighted by atomic mass is 16.1. The highest BCUT2D eigenvalue weighted by molar-refractivity contribution is 5.89. The molecule has 17 heavy (non-hydrogen) atoms. The van der Waals surface area contributed by atoms with E-state index in [0.29, 0.717) is 5.82 Å². The van der Waals surface area contributed by atoms with Crippen molar-refractivity contribution in [3.63, 3.8) is 0 Å². The van der Waals surface area contributed by atoms with E-state index in [2.05, 4.69) is 9.88 Å². The molecule has 0 atom stereocenters. The second kappa shape index (κ2) is 3.84. The van der Waals surface area contributed by atoms with Crippen LogP contribution in [0.15, 0.2) is 0 Å². The Kier molecular flexibility index (Phi) is 2.43. The SMILES string of the molecule is Cn1c(C(N)=O)nc2c1CCN(CC1CC1)C2. The molecule has 1 aromatic heterocycles. The van der Waals surface area contributed by atoms with Crippen LogP contribution in [0.3, 0.4) is 0 Å². The number of hydrogen-bond acceptors (Lipinski definition) is 3. The molecule has 3 rings (SSSR count). The number of fused-ring (bicyclic) bond motifs is 1. The largest absolute Gasteiger partial charge is 0.363 e. The zero-order valence-corrected chi connectivity index (χ0v) is 10.1. The van der Waals surface area contributed by atoms with Gasteiger partial charge >= 0.3 is 0 Å². The molecule has 0 unspecified atom stereocenters. The van der Waals surface area contributed by atoms with Crippen LogP contribution >= 0.6 is 0 Å². The monoisotopic (exact) mass is 234 g/mol. The Bertz CT molecular complexity index is 461.